The van der Waals surface area contributed by atoms with Crippen LogP contribution in [0, 0.1) is 0 Å². The maximum Gasteiger partial charge on any atom is 0.328 e. The molecule has 6 rings (SSSR count). The van der Waals surface area contributed by atoms with Gasteiger partial charge in [0.15, 0.2) is 0 Å². The van der Waals surface area contributed by atoms with E-state index in [0.29, 0.717) is 34.9 Å². The van der Waals surface area contributed by atoms with Crippen LogP contribution in [-0.4, -0.2) is 152 Å². The van der Waals surface area contributed by atoms with Crippen molar-refractivity contribution >= 4 is 103 Å². The van der Waals surface area contributed by atoms with Crippen LogP contribution in [0.15, 0.2) is 60.9 Å². The summed E-state index contributed by atoms with van der Waals surface area (Å²) in [6.07, 6.45) is 3.14. The number of carbonyl (C=O) groups is 10. The molecule has 8 amide bonds. The highest BCUT2D eigenvalue weighted by Gasteiger charge is 2.36. The van der Waals surface area contributed by atoms with E-state index >= 15 is 0 Å². The Bertz CT molecular complexity index is 2530. The lowest BCUT2D eigenvalue weighted by Crippen LogP contribution is -2.59. The Labute approximate surface area is 420 Å². The van der Waals surface area contributed by atoms with Gasteiger partial charge in [-0.25, -0.2) is 19.6 Å². The van der Waals surface area contributed by atoms with Gasteiger partial charge in [-0.05, 0) is 51.0 Å². The third-order valence-corrected chi connectivity index (χ3v) is 13.5. The van der Waals surface area contributed by atoms with E-state index in [2.05, 4.69) is 62.5 Å². The van der Waals surface area contributed by atoms with Gasteiger partial charge >= 0.3 is 11.9 Å². The molecule has 26 heteroatoms. The van der Waals surface area contributed by atoms with E-state index in [9.17, 15) is 47.9 Å². The van der Waals surface area contributed by atoms with Gasteiger partial charge < -0.3 is 52.0 Å². The first kappa shape index (κ1) is 53.9. The number of esters is 2. The first-order valence-electron chi connectivity index (χ1n) is 23.0. The number of ether oxygens (including phenoxy) is 2. The first-order valence-corrected chi connectivity index (χ1v) is 25.5. The minimum absolute atomic E-state index is 0.0327. The number of aromatic nitrogens is 4. The molecule has 8 N–H and O–H groups in total. The predicted octanol–water partition coefficient (Wildman–Crippen LogP) is -0.486. The van der Waals surface area contributed by atoms with Gasteiger partial charge in [-0.15, -0.1) is 0 Å². The number of nitrogens with zero attached hydrogens (tertiary/aromatic N) is 4. The van der Waals surface area contributed by atoms with Gasteiger partial charge in [0, 0.05) is 11.5 Å². The highest BCUT2D eigenvalue weighted by molar-refractivity contribution is 8.76. The van der Waals surface area contributed by atoms with E-state index in [1.54, 1.807) is 62.4 Å². The van der Waals surface area contributed by atoms with Crippen LogP contribution in [-0.2, 0) is 47.8 Å². The second-order valence-corrected chi connectivity index (χ2v) is 19.2. The van der Waals surface area contributed by atoms with Gasteiger partial charge in [0.05, 0.1) is 34.5 Å². The largest absolute Gasteiger partial charge is 0.461 e. The van der Waals surface area contributed by atoms with Crippen LogP contribution >= 0.6 is 21.6 Å². The van der Waals surface area contributed by atoms with Crippen LogP contribution in [0.5, 0.6) is 0 Å². The fourth-order valence-corrected chi connectivity index (χ4v) is 9.39. The molecule has 0 spiro atoms. The lowest BCUT2D eigenvalue weighted by molar-refractivity contribution is -0.150. The minimum Gasteiger partial charge on any atom is -0.461 e. The van der Waals surface area contributed by atoms with Crippen LogP contribution in [0.4, 0.5) is 0 Å². The number of nitrogens with one attached hydrogen (secondary N) is 8. The Morgan fingerprint density at radius 2 is 0.917 bits per heavy atom. The highest BCUT2D eigenvalue weighted by Crippen LogP contribution is 2.24. The molecule has 0 radical (unpaired) electrons. The van der Waals surface area contributed by atoms with Gasteiger partial charge in [0.25, 0.3) is 11.8 Å². The van der Waals surface area contributed by atoms with E-state index in [1.165, 1.54) is 26.2 Å². The molecule has 2 bridgehead atoms. The second kappa shape index (κ2) is 25.6. The molecule has 0 aliphatic carbocycles. The molecule has 0 saturated carbocycles. The Kier molecular flexibility index (Phi) is 19.1. The topological polar surface area (TPSA) is 337 Å². The Hall–Kier alpha value is -7.48. The third kappa shape index (κ3) is 14.6. The predicted molar refractivity (Wildman–Crippen MR) is 261 cm³/mol. The summed E-state index contributed by atoms with van der Waals surface area (Å²) in [5.74, 6) is -9.56. The van der Waals surface area contributed by atoms with Crippen LogP contribution in [0.25, 0.3) is 22.1 Å². The molecule has 382 valence electrons. The molecule has 8 unspecified atom stereocenters. The number of benzene rings is 2. The molecule has 2 fully saturated rings. The quantitative estimate of drug-likeness (QED) is 0.0816. The molecule has 2 aliphatic rings. The van der Waals surface area contributed by atoms with Crippen LogP contribution in [0.3, 0.4) is 0 Å². The lowest BCUT2D eigenvalue weighted by Gasteiger charge is -2.27. The normalized spacial score (nSPS) is 24.7. The van der Waals surface area contributed by atoms with Gasteiger partial charge in [0.1, 0.15) is 72.9 Å². The molecule has 24 nitrogen and oxygen atoms in total. The average molecular weight is 1030 g/mol. The molecule has 4 heterocycles. The Morgan fingerprint density at radius 3 is 1.29 bits per heavy atom. The van der Waals surface area contributed by atoms with E-state index in [-0.39, 0.29) is 35.7 Å². The zero-order valence-electron chi connectivity index (χ0n) is 39.6. The number of cyclic esters (lactones) is 2. The van der Waals surface area contributed by atoms with Gasteiger partial charge in [-0.1, -0.05) is 72.5 Å². The molecule has 2 aliphatic heterocycles. The lowest BCUT2D eigenvalue weighted by atomic mass is 10.1. The summed E-state index contributed by atoms with van der Waals surface area (Å²) in [6.45, 7) is 4.50. The summed E-state index contributed by atoms with van der Waals surface area (Å²) < 4.78 is 11.1. The average Bonchev–Trinajstić information content (AvgIpc) is 3.37. The van der Waals surface area contributed by atoms with Crippen molar-refractivity contribution in [3.63, 3.8) is 0 Å². The first-order chi connectivity index (χ1) is 34.5. The number of fused-ring (bicyclic) bond motifs is 7. The van der Waals surface area contributed by atoms with Crippen molar-refractivity contribution in [1.82, 2.24) is 62.5 Å². The number of carbonyl (C=O) groups excluding carboxylic acids is 10. The van der Waals surface area contributed by atoms with E-state index in [4.69, 9.17) is 9.47 Å². The number of amides is 8. The van der Waals surface area contributed by atoms with Gasteiger partial charge in [0.2, 0.25) is 35.4 Å². The van der Waals surface area contributed by atoms with Crippen LogP contribution in [0.2, 0.25) is 0 Å². The maximum absolute atomic E-state index is 14.1. The van der Waals surface area contributed by atoms with E-state index in [1.807, 2.05) is 0 Å². The van der Waals surface area contributed by atoms with Crippen molar-refractivity contribution in [3.8, 4) is 0 Å². The van der Waals surface area contributed by atoms with Crippen molar-refractivity contribution in [1.29, 1.82) is 0 Å². The van der Waals surface area contributed by atoms with Crippen molar-refractivity contribution in [3.05, 3.63) is 72.3 Å². The smallest absolute Gasteiger partial charge is 0.328 e. The molecule has 72 heavy (non-hydrogen) atoms. The van der Waals surface area contributed by atoms with Crippen molar-refractivity contribution in [2.75, 3.05) is 24.7 Å². The number of hydrogen-bond donors (Lipinski definition) is 8. The SMILES string of the molecule is CCCC1NC(=O)C2CSSCC(NC(=O)C(C)NC(=O)C(NC(=O)c3cnc4ccccc4n3)COC1=O)C(=O)NC(CCC)C(=O)OCC(NC(=O)c1cnc3ccccc3n1)C(=O)NC(C)C(=O)N2. The van der Waals surface area contributed by atoms with E-state index < -0.39 is 121 Å². The standard InChI is InChI=1S/C46H54N12O12S2/c1-5-11-29-45(67)69-19-33(55-39(61)31-17-47-25-13-7-9-15-27(25)51-31)41(63)49-24(4)38(60)58-36-22-72-71-21-35(43(65)53-29)57-37(59)23(3)50-42(64)34(20-70-46(68)30(12-6-2)54-44(36)66)56-40(62)32-18-48-26-14-8-10-16-28(26)52-32/h7-10,13-18,23-24,29-30,33-36H,5-6,11-12,19-22H2,1-4H3,(H,49,63)(H,50,64)(H,53,65)(H,54,66)(H,55,61)(H,56,62)(H,57,59)(H,58,60). The zero-order chi connectivity index (χ0) is 51.9. The molecular weight excluding hydrogens is 977 g/mol. The highest BCUT2D eigenvalue weighted by atomic mass is 33.1. The second-order valence-electron chi connectivity index (χ2n) is 16.7. The molecule has 2 aromatic heterocycles. The summed E-state index contributed by atoms with van der Waals surface area (Å²) in [5, 5.41) is 20.3. The third-order valence-electron chi connectivity index (χ3n) is 11.1. The molecule has 2 saturated heterocycles. The summed E-state index contributed by atoms with van der Waals surface area (Å²) in [7, 11) is 2.03. The summed E-state index contributed by atoms with van der Waals surface area (Å²) in [5.41, 5.74) is 1.37. The van der Waals surface area contributed by atoms with Crippen LogP contribution in [0.1, 0.15) is 74.4 Å². The fraction of sp³-hybridized carbons (Fsp3) is 0.435. The molecule has 2 aromatic carbocycles. The summed E-state index contributed by atoms with van der Waals surface area (Å²) in [6, 6.07) is 1.96. The number of para-hydroxylation sites is 4. The molecule has 8 atom stereocenters. The van der Waals surface area contributed by atoms with Gasteiger partial charge in [-0.3, -0.25) is 48.3 Å². The van der Waals surface area contributed by atoms with Crippen molar-refractivity contribution in [2.24, 2.45) is 0 Å². The van der Waals surface area contributed by atoms with Crippen LogP contribution < -0.4 is 42.5 Å². The van der Waals surface area contributed by atoms with E-state index in [0.717, 1.165) is 21.6 Å². The van der Waals surface area contributed by atoms with Gasteiger partial charge in [-0.2, -0.15) is 0 Å². The van der Waals surface area contributed by atoms with Crippen molar-refractivity contribution in [2.45, 2.75) is 102 Å². The maximum atomic E-state index is 14.1. The van der Waals surface area contributed by atoms with Crippen molar-refractivity contribution < 1.29 is 57.4 Å². The number of hydrogen-bond acceptors (Lipinski definition) is 18. The minimum atomic E-state index is -1.64. The molecular formula is C46H54N12O12S2. The zero-order valence-corrected chi connectivity index (χ0v) is 41.2. The molecule has 4 aromatic rings. The monoisotopic (exact) mass is 1030 g/mol. The summed E-state index contributed by atoms with van der Waals surface area (Å²) in [4.78, 5) is 155. The summed E-state index contributed by atoms with van der Waals surface area (Å²) >= 11 is 0. The Balaban J connectivity index is 1.30. The Morgan fingerprint density at radius 1 is 0.542 bits per heavy atom. The fourth-order valence-electron chi connectivity index (χ4n) is 7.07. The number of rotatable bonds is 8.